The lowest BCUT2D eigenvalue weighted by atomic mass is 10.0. The minimum atomic E-state index is -0.419. The summed E-state index contributed by atoms with van der Waals surface area (Å²) in [5.74, 6) is 0.603. The second-order valence-corrected chi connectivity index (χ2v) is 11.0. The van der Waals surface area contributed by atoms with E-state index in [1.807, 2.05) is 48.5 Å². The molecule has 2 aliphatic rings. The molecule has 5 rings (SSSR count). The lowest BCUT2D eigenvalue weighted by Gasteiger charge is -2.27. The maximum Gasteiger partial charge on any atom is 0.311 e. The number of allylic oxidation sites excluding steroid dienone is 2. The van der Waals surface area contributed by atoms with Crippen molar-refractivity contribution in [2.45, 2.75) is 32.4 Å². The molecule has 3 aromatic carbocycles. The van der Waals surface area contributed by atoms with Crippen molar-refractivity contribution >= 4 is 33.0 Å². The molecule has 10 heteroatoms. The van der Waals surface area contributed by atoms with Crippen LogP contribution in [-0.2, 0) is 13.2 Å². The summed E-state index contributed by atoms with van der Waals surface area (Å²) < 4.78 is 13.2. The van der Waals surface area contributed by atoms with E-state index in [0.29, 0.717) is 23.4 Å². The summed E-state index contributed by atoms with van der Waals surface area (Å²) in [6, 6.07) is 19.0. The molecule has 0 aromatic heterocycles. The van der Waals surface area contributed by atoms with Gasteiger partial charge in [-0.15, -0.1) is 0 Å². The number of hydrogen-bond donors (Lipinski definition) is 2. The largest absolute Gasteiger partial charge is 0.488 e. The summed E-state index contributed by atoms with van der Waals surface area (Å²) >= 11 is 3.71. The summed E-state index contributed by atoms with van der Waals surface area (Å²) in [6.07, 6.45) is 8.19. The highest BCUT2D eigenvalue weighted by molar-refractivity contribution is 9.10. The third-order valence-corrected chi connectivity index (χ3v) is 8.23. The first-order valence-electron chi connectivity index (χ1n) is 13.7. The third kappa shape index (κ3) is 6.95. The van der Waals surface area contributed by atoms with Gasteiger partial charge >= 0.3 is 5.69 Å². The van der Waals surface area contributed by atoms with Crippen molar-refractivity contribution in [1.29, 1.82) is 5.41 Å². The molecule has 9 nitrogen and oxygen atoms in total. The fourth-order valence-electron chi connectivity index (χ4n) is 5.08. The Kier molecular flexibility index (Phi) is 9.45. The van der Waals surface area contributed by atoms with Crippen molar-refractivity contribution in [3.63, 3.8) is 0 Å². The lowest BCUT2D eigenvalue weighted by molar-refractivity contribution is -0.386. The van der Waals surface area contributed by atoms with Crippen LogP contribution in [0.15, 0.2) is 94.1 Å². The van der Waals surface area contributed by atoms with Crippen molar-refractivity contribution in [2.75, 3.05) is 19.7 Å². The van der Waals surface area contributed by atoms with Gasteiger partial charge in [-0.1, -0.05) is 66.2 Å². The van der Waals surface area contributed by atoms with E-state index in [1.165, 1.54) is 6.42 Å². The Morgan fingerprint density at radius 3 is 2.43 bits per heavy atom. The van der Waals surface area contributed by atoms with Crippen LogP contribution in [0.25, 0.3) is 11.1 Å². The molecule has 0 amide bonds. The summed E-state index contributed by atoms with van der Waals surface area (Å²) in [4.78, 5) is 14.0. The zero-order valence-electron chi connectivity index (χ0n) is 23.0. The van der Waals surface area contributed by atoms with Crippen LogP contribution >= 0.6 is 15.9 Å². The molecule has 2 N–H and O–H groups in total. The van der Waals surface area contributed by atoms with Crippen molar-refractivity contribution < 1.29 is 19.6 Å². The first-order chi connectivity index (χ1) is 20.4. The van der Waals surface area contributed by atoms with Crippen molar-refractivity contribution in [3.8, 4) is 22.6 Å². The summed E-state index contributed by atoms with van der Waals surface area (Å²) in [5, 5.41) is 32.3. The smallest absolute Gasteiger partial charge is 0.311 e. The van der Waals surface area contributed by atoms with Gasteiger partial charge in [0.05, 0.1) is 10.6 Å². The van der Waals surface area contributed by atoms with Gasteiger partial charge in [0.1, 0.15) is 24.7 Å². The van der Waals surface area contributed by atoms with E-state index in [2.05, 4.69) is 26.0 Å². The molecule has 0 atom stereocenters. The van der Waals surface area contributed by atoms with Gasteiger partial charge in [0.15, 0.2) is 0 Å². The van der Waals surface area contributed by atoms with Crippen LogP contribution in [-0.4, -0.2) is 46.2 Å². The van der Waals surface area contributed by atoms with Gasteiger partial charge in [-0.05, 0) is 70.7 Å². The van der Waals surface area contributed by atoms with E-state index in [9.17, 15) is 10.1 Å². The first kappa shape index (κ1) is 29.2. The highest BCUT2D eigenvalue weighted by Gasteiger charge is 2.23. The van der Waals surface area contributed by atoms with Gasteiger partial charge < -0.3 is 14.7 Å². The molecule has 1 aliphatic carbocycles. The maximum absolute atomic E-state index is 12.2. The Hall–Kier alpha value is -4.28. The maximum atomic E-state index is 12.2. The van der Waals surface area contributed by atoms with Crippen LogP contribution in [0.2, 0.25) is 0 Å². The van der Waals surface area contributed by atoms with Gasteiger partial charge in [0.25, 0.3) is 0 Å². The number of oxime groups is 1. The number of likely N-dealkylation sites (tertiary alicyclic amines) is 1. The number of rotatable bonds is 10. The lowest BCUT2D eigenvalue weighted by Crippen LogP contribution is -2.29. The van der Waals surface area contributed by atoms with Gasteiger partial charge in [-0.2, -0.15) is 0 Å². The number of ether oxygens (including phenoxy) is 2. The number of benzene rings is 3. The fraction of sp³-hybridized carbons (Fsp3) is 0.250. The molecule has 0 bridgehead atoms. The van der Waals surface area contributed by atoms with E-state index in [-0.39, 0.29) is 36.1 Å². The molecular formula is C32H31BrN4O5. The Bertz CT molecular complexity index is 1560. The highest BCUT2D eigenvalue weighted by Crippen LogP contribution is 2.38. The fourth-order valence-corrected chi connectivity index (χ4v) is 5.68. The zero-order chi connectivity index (χ0) is 29.5. The Morgan fingerprint density at radius 2 is 1.71 bits per heavy atom. The van der Waals surface area contributed by atoms with E-state index < -0.39 is 4.92 Å². The van der Waals surface area contributed by atoms with E-state index in [0.717, 1.165) is 47.1 Å². The Balaban J connectivity index is 1.43. The predicted molar refractivity (Wildman–Crippen MR) is 166 cm³/mol. The van der Waals surface area contributed by atoms with Gasteiger partial charge in [-0.3, -0.25) is 20.4 Å². The van der Waals surface area contributed by atoms with Gasteiger partial charge in [0.2, 0.25) is 5.75 Å². The minimum Gasteiger partial charge on any atom is -0.488 e. The van der Waals surface area contributed by atoms with Crippen LogP contribution in [0, 0.1) is 15.5 Å². The third-order valence-electron chi connectivity index (χ3n) is 7.29. The summed E-state index contributed by atoms with van der Waals surface area (Å²) in [7, 11) is 0. The predicted octanol–water partition coefficient (Wildman–Crippen LogP) is 7.31. The van der Waals surface area contributed by atoms with E-state index >= 15 is 0 Å². The quantitative estimate of drug-likeness (QED) is 0.105. The van der Waals surface area contributed by atoms with Crippen LogP contribution < -0.4 is 9.47 Å². The van der Waals surface area contributed by atoms with Crippen molar-refractivity contribution in [2.24, 2.45) is 5.16 Å². The molecule has 1 saturated heterocycles. The van der Waals surface area contributed by atoms with E-state index in [4.69, 9.17) is 20.1 Å². The van der Waals surface area contributed by atoms with Crippen molar-refractivity contribution in [1.82, 2.24) is 4.90 Å². The number of nitro groups is 1. The molecule has 3 aromatic rings. The monoisotopic (exact) mass is 630 g/mol. The van der Waals surface area contributed by atoms with Crippen LogP contribution in [0.3, 0.4) is 0 Å². The second-order valence-electron chi connectivity index (χ2n) is 10.2. The number of nitro benzene ring substituents is 1. The second kappa shape index (κ2) is 13.6. The number of nitrogens with one attached hydrogen (secondary N) is 1. The zero-order valence-corrected chi connectivity index (χ0v) is 24.5. The Labute approximate surface area is 252 Å². The number of halogens is 1. The Morgan fingerprint density at radius 1 is 0.952 bits per heavy atom. The number of hydrogen-bond acceptors (Lipinski definition) is 8. The molecule has 42 heavy (non-hydrogen) atoms. The molecule has 1 aliphatic heterocycles. The van der Waals surface area contributed by atoms with Crippen LogP contribution in [0.1, 0.15) is 30.4 Å². The topological polar surface area (TPSA) is 121 Å². The molecule has 1 heterocycles. The van der Waals surface area contributed by atoms with E-state index in [1.54, 1.807) is 30.4 Å². The average Bonchev–Trinajstić information content (AvgIpc) is 3.01. The SMILES string of the molecule is N=C1C=C(COc2cc(OCc3cccc(-c4ccccc4)c3Br)c([N+](=O)[O-])cc2CN2CCCCC2)C=C/C1=N/O. The highest BCUT2D eigenvalue weighted by atomic mass is 79.9. The molecule has 0 spiro atoms. The molecule has 0 radical (unpaired) electrons. The standard InChI is InChI=1S/C32H31BrN4O5/c33-32-24(10-7-11-26(32)23-8-3-1-4-9-23)21-42-31-18-30(41-20-22-12-13-28(35-38)27(34)16-22)25(17-29(31)37(39)40)19-36-14-5-2-6-15-36/h1,3-4,7-13,16-18,34,38H,2,5-6,14-15,19-21H2/b34-27?,35-28-. The number of piperidine rings is 1. The molecule has 216 valence electrons. The van der Waals surface area contributed by atoms with Gasteiger partial charge in [0, 0.05) is 34.3 Å². The molecule has 1 fully saturated rings. The van der Waals surface area contributed by atoms with Crippen LogP contribution in [0.4, 0.5) is 5.69 Å². The minimum absolute atomic E-state index is 0.0724. The molecule has 0 saturated carbocycles. The van der Waals surface area contributed by atoms with Crippen LogP contribution in [0.5, 0.6) is 11.5 Å². The normalized spacial score (nSPS) is 16.4. The number of nitrogens with zero attached hydrogens (tertiary/aromatic N) is 3. The summed E-state index contributed by atoms with van der Waals surface area (Å²) in [6.45, 7) is 2.61. The molecule has 0 unspecified atom stereocenters. The summed E-state index contributed by atoms with van der Waals surface area (Å²) in [5.41, 5.74) is 4.43. The molecular weight excluding hydrogens is 600 g/mol. The average molecular weight is 632 g/mol. The van der Waals surface area contributed by atoms with Crippen molar-refractivity contribution in [3.05, 3.63) is 110 Å². The first-order valence-corrected chi connectivity index (χ1v) is 14.5. The van der Waals surface area contributed by atoms with Gasteiger partial charge in [-0.25, -0.2) is 0 Å².